The van der Waals surface area contributed by atoms with E-state index in [9.17, 15) is 4.79 Å². The topological polar surface area (TPSA) is 78.3 Å². The highest BCUT2D eigenvalue weighted by Gasteiger charge is 2.28. The van der Waals surface area contributed by atoms with Crippen molar-refractivity contribution < 1.29 is 9.32 Å². The zero-order valence-electron chi connectivity index (χ0n) is 13.3. The van der Waals surface area contributed by atoms with Gasteiger partial charge in [0.1, 0.15) is 5.69 Å². The predicted molar refractivity (Wildman–Crippen MR) is 83.0 cm³/mol. The Labute approximate surface area is 134 Å². The predicted octanol–water partition coefficient (Wildman–Crippen LogP) is 1.54. The van der Waals surface area contributed by atoms with E-state index in [4.69, 9.17) is 4.52 Å². The van der Waals surface area contributed by atoms with Crippen LogP contribution in [0.1, 0.15) is 46.4 Å². The minimum atomic E-state index is 0.0308. The molecule has 7 nitrogen and oxygen atoms in total. The van der Waals surface area contributed by atoms with Gasteiger partial charge in [0.15, 0.2) is 5.76 Å². The summed E-state index contributed by atoms with van der Waals surface area (Å²) in [5, 5.41) is 11.1. The quantitative estimate of drug-likeness (QED) is 0.926. The molecule has 0 spiro atoms. The normalized spacial score (nSPS) is 19.3. The van der Waals surface area contributed by atoms with Crippen LogP contribution in [0.3, 0.4) is 0 Å². The first kappa shape index (κ1) is 14.4. The van der Waals surface area contributed by atoms with Crippen molar-refractivity contribution in [1.29, 1.82) is 0 Å². The zero-order valence-corrected chi connectivity index (χ0v) is 13.3. The number of aryl methyl sites for hydroxylation is 1. The molecule has 0 atom stereocenters. The summed E-state index contributed by atoms with van der Waals surface area (Å²) in [5.74, 6) is 1.50. The van der Waals surface area contributed by atoms with E-state index in [1.54, 1.807) is 0 Å². The van der Waals surface area contributed by atoms with E-state index in [0.29, 0.717) is 11.6 Å². The number of aromatic nitrogens is 3. The van der Waals surface area contributed by atoms with Crippen molar-refractivity contribution in [2.45, 2.75) is 32.2 Å². The molecular formula is C16H21N5O2. The number of H-pyrrole nitrogens is 1. The Morgan fingerprint density at radius 2 is 2.09 bits per heavy atom. The molecule has 0 unspecified atom stereocenters. The van der Waals surface area contributed by atoms with Crippen LogP contribution in [-0.4, -0.2) is 57.2 Å². The third kappa shape index (κ3) is 3.14. The monoisotopic (exact) mass is 315 g/mol. The van der Waals surface area contributed by atoms with E-state index in [1.165, 1.54) is 12.8 Å². The Balaban J connectivity index is 1.32. The molecule has 0 aromatic carbocycles. The van der Waals surface area contributed by atoms with Gasteiger partial charge in [-0.1, -0.05) is 5.16 Å². The Morgan fingerprint density at radius 3 is 2.74 bits per heavy atom. The number of amides is 1. The summed E-state index contributed by atoms with van der Waals surface area (Å²) in [6, 6.07) is 3.88. The van der Waals surface area contributed by atoms with Crippen molar-refractivity contribution in [3.8, 4) is 0 Å². The van der Waals surface area contributed by atoms with Crippen molar-refractivity contribution in [3.63, 3.8) is 0 Å². The van der Waals surface area contributed by atoms with Gasteiger partial charge in [-0.15, -0.1) is 0 Å². The molecule has 2 aromatic heterocycles. The number of nitrogens with one attached hydrogen (secondary N) is 1. The fourth-order valence-corrected chi connectivity index (χ4v) is 3.03. The molecule has 3 heterocycles. The second-order valence-electron chi connectivity index (χ2n) is 6.49. The number of rotatable bonds is 4. The molecule has 0 bridgehead atoms. The van der Waals surface area contributed by atoms with Gasteiger partial charge in [0.25, 0.3) is 5.91 Å². The van der Waals surface area contributed by atoms with Crippen molar-refractivity contribution in [3.05, 3.63) is 35.0 Å². The number of nitrogens with zero attached hydrogens (tertiary/aromatic N) is 4. The highest BCUT2D eigenvalue weighted by atomic mass is 16.5. The van der Waals surface area contributed by atoms with Crippen LogP contribution < -0.4 is 0 Å². The molecule has 0 radical (unpaired) electrons. The SMILES string of the molecule is Cc1cc(CN2CCN(C(=O)c3cc(C4CC4)[nH]n3)CC2)on1. The molecule has 7 heteroatoms. The van der Waals surface area contributed by atoms with E-state index in [0.717, 1.165) is 49.9 Å². The largest absolute Gasteiger partial charge is 0.360 e. The molecule has 1 amide bonds. The summed E-state index contributed by atoms with van der Waals surface area (Å²) < 4.78 is 5.26. The molecule has 1 saturated heterocycles. The Bertz CT molecular complexity index is 695. The number of carbonyl (C=O) groups is 1. The fraction of sp³-hybridized carbons (Fsp3) is 0.562. The van der Waals surface area contributed by atoms with Crippen molar-refractivity contribution in [2.75, 3.05) is 26.2 Å². The van der Waals surface area contributed by atoms with Gasteiger partial charge < -0.3 is 9.42 Å². The molecule has 1 aliphatic carbocycles. The van der Waals surface area contributed by atoms with Crippen LogP contribution in [0, 0.1) is 6.92 Å². The van der Waals surface area contributed by atoms with Gasteiger partial charge in [-0.05, 0) is 25.8 Å². The lowest BCUT2D eigenvalue weighted by Gasteiger charge is -2.33. The highest BCUT2D eigenvalue weighted by molar-refractivity contribution is 5.92. The number of carbonyl (C=O) groups excluding carboxylic acids is 1. The third-order valence-electron chi connectivity index (χ3n) is 4.55. The van der Waals surface area contributed by atoms with Crippen LogP contribution in [0.15, 0.2) is 16.7 Å². The molecule has 1 saturated carbocycles. The van der Waals surface area contributed by atoms with Crippen molar-refractivity contribution >= 4 is 5.91 Å². The molecule has 2 aliphatic rings. The van der Waals surface area contributed by atoms with Crippen LogP contribution >= 0.6 is 0 Å². The number of hydrogen-bond donors (Lipinski definition) is 1. The van der Waals surface area contributed by atoms with Crippen LogP contribution in [0.5, 0.6) is 0 Å². The molecule has 1 aliphatic heterocycles. The molecule has 122 valence electrons. The molecule has 2 fully saturated rings. The van der Waals surface area contributed by atoms with E-state index < -0.39 is 0 Å². The number of hydrogen-bond acceptors (Lipinski definition) is 5. The van der Waals surface area contributed by atoms with Gasteiger partial charge >= 0.3 is 0 Å². The van der Waals surface area contributed by atoms with Crippen LogP contribution in [-0.2, 0) is 6.54 Å². The first-order valence-electron chi connectivity index (χ1n) is 8.18. The average Bonchev–Trinajstić information content (AvgIpc) is 3.15. The summed E-state index contributed by atoms with van der Waals surface area (Å²) in [5.41, 5.74) is 2.55. The summed E-state index contributed by atoms with van der Waals surface area (Å²) in [7, 11) is 0. The fourth-order valence-electron chi connectivity index (χ4n) is 3.03. The van der Waals surface area contributed by atoms with E-state index in [1.807, 2.05) is 24.0 Å². The van der Waals surface area contributed by atoms with Crippen molar-refractivity contribution in [1.82, 2.24) is 25.2 Å². The van der Waals surface area contributed by atoms with E-state index >= 15 is 0 Å². The van der Waals surface area contributed by atoms with Crippen molar-refractivity contribution in [2.24, 2.45) is 0 Å². The Kier molecular flexibility index (Phi) is 3.65. The maximum absolute atomic E-state index is 12.5. The van der Waals surface area contributed by atoms with Gasteiger partial charge in [-0.2, -0.15) is 5.10 Å². The van der Waals surface area contributed by atoms with E-state index in [2.05, 4.69) is 20.3 Å². The first-order chi connectivity index (χ1) is 11.2. The summed E-state index contributed by atoms with van der Waals surface area (Å²) >= 11 is 0. The molecule has 4 rings (SSSR count). The van der Waals surface area contributed by atoms with Gasteiger partial charge in [0.2, 0.25) is 0 Å². The van der Waals surface area contributed by atoms with Crippen LogP contribution in [0.2, 0.25) is 0 Å². The highest BCUT2D eigenvalue weighted by Crippen LogP contribution is 2.39. The number of aromatic amines is 1. The molecular weight excluding hydrogens is 294 g/mol. The first-order valence-corrected chi connectivity index (χ1v) is 8.18. The lowest BCUT2D eigenvalue weighted by molar-refractivity contribution is 0.0611. The van der Waals surface area contributed by atoms with Gasteiger partial charge in [0, 0.05) is 43.9 Å². The van der Waals surface area contributed by atoms with Gasteiger partial charge in [0.05, 0.1) is 12.2 Å². The molecule has 2 aromatic rings. The molecule has 23 heavy (non-hydrogen) atoms. The zero-order chi connectivity index (χ0) is 15.8. The smallest absolute Gasteiger partial charge is 0.274 e. The van der Waals surface area contributed by atoms with Crippen LogP contribution in [0.4, 0.5) is 0 Å². The van der Waals surface area contributed by atoms with E-state index in [-0.39, 0.29) is 5.91 Å². The van der Waals surface area contributed by atoms with Crippen LogP contribution in [0.25, 0.3) is 0 Å². The average molecular weight is 315 g/mol. The maximum atomic E-state index is 12.5. The van der Waals surface area contributed by atoms with Gasteiger partial charge in [-0.3, -0.25) is 14.8 Å². The summed E-state index contributed by atoms with van der Waals surface area (Å²) in [6.07, 6.45) is 2.41. The second kappa shape index (κ2) is 5.81. The maximum Gasteiger partial charge on any atom is 0.274 e. The minimum absolute atomic E-state index is 0.0308. The lowest BCUT2D eigenvalue weighted by atomic mass is 10.2. The lowest BCUT2D eigenvalue weighted by Crippen LogP contribution is -2.48. The summed E-state index contributed by atoms with van der Waals surface area (Å²) in [6.45, 7) is 5.78. The Hall–Kier alpha value is -2.15. The Morgan fingerprint density at radius 1 is 1.30 bits per heavy atom. The summed E-state index contributed by atoms with van der Waals surface area (Å²) in [4.78, 5) is 16.7. The minimum Gasteiger partial charge on any atom is -0.360 e. The third-order valence-corrected chi connectivity index (χ3v) is 4.55. The number of piperazine rings is 1. The van der Waals surface area contributed by atoms with Gasteiger partial charge in [-0.25, -0.2) is 0 Å². The second-order valence-corrected chi connectivity index (χ2v) is 6.49. The molecule has 1 N–H and O–H groups in total. The standard InChI is InChI=1S/C16H21N5O2/c1-11-8-13(23-19-11)10-20-4-6-21(7-5-20)16(22)15-9-14(17-18-15)12-2-3-12/h8-9,12H,2-7,10H2,1H3,(H,17,18).